The second-order valence-electron chi connectivity index (χ2n) is 18.3. The Bertz CT molecular complexity index is 2970. The van der Waals surface area contributed by atoms with E-state index in [2.05, 4.69) is 25.2 Å². The Balaban J connectivity index is 0.667. The molecule has 372 valence electrons. The van der Waals surface area contributed by atoms with Crippen LogP contribution in [0.2, 0.25) is 0 Å². The number of alkyl halides is 2. The summed E-state index contributed by atoms with van der Waals surface area (Å²) in [4.78, 5) is 59.6. The van der Waals surface area contributed by atoms with Crippen LogP contribution in [0.15, 0.2) is 108 Å². The number of carbonyl (C=O) groups is 3. The number of hydrogen-bond acceptors (Lipinski definition) is 12. The number of ether oxygens (including phenoxy) is 5. The van der Waals surface area contributed by atoms with E-state index in [-0.39, 0.29) is 86.8 Å². The van der Waals surface area contributed by atoms with Gasteiger partial charge in [0.05, 0.1) is 49.7 Å². The first-order chi connectivity index (χ1) is 34.2. The molecule has 0 spiro atoms. The smallest absolute Gasteiger partial charge is 0.475 e. The number of halogens is 2. The van der Waals surface area contributed by atoms with Gasteiger partial charge in [-0.05, 0) is 91.6 Å². The number of anilines is 1. The van der Waals surface area contributed by atoms with E-state index < -0.39 is 17.3 Å². The Morgan fingerprint density at radius 3 is 2.37 bits per heavy atom. The largest absolute Gasteiger partial charge is 0.586 e. The normalized spacial score (nSPS) is 16.6. The molecular weight excluding hydrogens is 921 g/mol. The van der Waals surface area contributed by atoms with Crippen LogP contribution in [0.5, 0.6) is 17.4 Å². The Kier molecular flexibility index (Phi) is 14.2. The minimum absolute atomic E-state index is 0.0526. The quantitative estimate of drug-likeness (QED) is 0.0729. The van der Waals surface area contributed by atoms with Crippen LogP contribution in [0.4, 0.5) is 14.6 Å². The number of nitrogens with one attached hydrogen (secondary N) is 2. The van der Waals surface area contributed by atoms with Crippen molar-refractivity contribution in [3.05, 3.63) is 136 Å². The fourth-order valence-corrected chi connectivity index (χ4v) is 8.98. The van der Waals surface area contributed by atoms with E-state index in [0.717, 1.165) is 11.1 Å². The minimum atomic E-state index is -3.76. The highest BCUT2D eigenvalue weighted by atomic mass is 19.3. The monoisotopic (exact) mass is 975 g/mol. The zero-order valence-electron chi connectivity index (χ0n) is 39.4. The molecule has 1 saturated carbocycles. The average molecular weight is 976 g/mol. The Hall–Kier alpha value is -7.22. The van der Waals surface area contributed by atoms with Gasteiger partial charge in [0.2, 0.25) is 17.7 Å². The number of nitrogens with zero attached hydrogens (tertiary/aromatic N) is 5. The maximum atomic E-state index is 13.6. The number of rotatable bonds is 20. The summed E-state index contributed by atoms with van der Waals surface area (Å²) < 4.78 is 56.3. The van der Waals surface area contributed by atoms with Crippen LogP contribution in [-0.2, 0) is 31.0 Å². The van der Waals surface area contributed by atoms with E-state index in [1.54, 1.807) is 47.4 Å². The molecule has 2 aliphatic heterocycles. The molecule has 5 heterocycles. The van der Waals surface area contributed by atoms with Gasteiger partial charge in [-0.25, -0.2) is 4.98 Å². The minimum Gasteiger partial charge on any atom is -0.475 e. The van der Waals surface area contributed by atoms with Gasteiger partial charge in [0.15, 0.2) is 11.5 Å². The van der Waals surface area contributed by atoms with Gasteiger partial charge in [-0.2, -0.15) is 9.61 Å². The summed E-state index contributed by atoms with van der Waals surface area (Å²) in [6.07, 6.45) is -0.228. The zero-order valence-corrected chi connectivity index (χ0v) is 39.4. The summed E-state index contributed by atoms with van der Waals surface area (Å²) in [5.41, 5.74) is 2.05. The number of likely N-dealkylation sites (tertiary alicyclic amines) is 1. The van der Waals surface area contributed by atoms with Crippen molar-refractivity contribution in [3.63, 3.8) is 0 Å². The number of aromatic nitrogens is 4. The highest BCUT2D eigenvalue weighted by molar-refractivity contribution is 6.01. The van der Waals surface area contributed by atoms with Crippen LogP contribution in [0.3, 0.4) is 0 Å². The molecule has 17 nitrogen and oxygen atoms in total. The second kappa shape index (κ2) is 20.6. The SMILES string of the molecule is Cc1ccc(NC(=O)C2(c3ccc4c(c3)OC(F)(F)O4)CC2)nc1-c1cccc(C(=O)NCCOCCOCCOc2ccc3c(=O)n(CC4(O)CCN(C(=O)C[C@@H](C)c5ccccc5)CC4)cnn23)c1. The highest BCUT2D eigenvalue weighted by Crippen LogP contribution is 2.52. The Morgan fingerprint density at radius 1 is 0.845 bits per heavy atom. The van der Waals surface area contributed by atoms with E-state index in [4.69, 9.17) is 19.2 Å². The van der Waals surface area contributed by atoms with Crippen molar-refractivity contribution < 1.29 is 52.0 Å². The standard InChI is InChI=1S/C52H55F2N7O10/c1-34-11-15-43(58-49(65)51(17-18-51)39-12-14-41-42(31-39)71-52(53,54)70-41)57-46(34)37-9-6-10-38(30-37)47(63)55-21-24-67-25-26-68-27-28-69-45-16-13-40-48(64)60(33-56-61(40)45)32-50(66)19-22-59(23-20-50)44(62)29-35(2)36-7-4-3-5-8-36/h3-16,30-31,33,35,66H,17-29,32H2,1-2H3,(H,55,63)(H,57,58,65)/t35-/m1/s1. The molecule has 0 unspecified atom stereocenters. The molecule has 9 rings (SSSR count). The summed E-state index contributed by atoms with van der Waals surface area (Å²) in [6, 6.07) is 28.1. The summed E-state index contributed by atoms with van der Waals surface area (Å²) in [7, 11) is 0. The van der Waals surface area contributed by atoms with Gasteiger partial charge >= 0.3 is 6.29 Å². The first-order valence-corrected chi connectivity index (χ1v) is 23.7. The predicted octanol–water partition coefficient (Wildman–Crippen LogP) is 6.25. The molecule has 3 amide bonds. The number of hydrogen-bond donors (Lipinski definition) is 3. The first kappa shape index (κ1) is 48.8. The molecule has 1 aliphatic carbocycles. The third-order valence-electron chi connectivity index (χ3n) is 13.2. The summed E-state index contributed by atoms with van der Waals surface area (Å²) in [5, 5.41) is 21.6. The third-order valence-corrected chi connectivity index (χ3v) is 13.2. The van der Waals surface area contributed by atoms with E-state index in [1.165, 1.54) is 27.5 Å². The molecular formula is C52H55F2N7O10. The fraction of sp³-hybridized carbons (Fsp3) is 0.385. The molecule has 3 aromatic carbocycles. The van der Waals surface area contributed by atoms with Crippen LogP contribution in [0.1, 0.15) is 72.0 Å². The van der Waals surface area contributed by atoms with Gasteiger partial charge in [-0.1, -0.05) is 61.5 Å². The van der Waals surface area contributed by atoms with E-state index in [0.29, 0.717) is 84.8 Å². The van der Waals surface area contributed by atoms with Crippen molar-refractivity contribution >= 4 is 29.1 Å². The summed E-state index contributed by atoms with van der Waals surface area (Å²) in [5.74, 6) is -0.0198. The van der Waals surface area contributed by atoms with Crippen molar-refractivity contribution in [1.82, 2.24) is 29.4 Å². The van der Waals surface area contributed by atoms with Gasteiger partial charge in [0.25, 0.3) is 11.5 Å². The van der Waals surface area contributed by atoms with Crippen LogP contribution < -0.4 is 30.4 Å². The maximum absolute atomic E-state index is 13.6. The molecule has 6 aromatic rings. The number of fused-ring (bicyclic) bond motifs is 2. The van der Waals surface area contributed by atoms with Gasteiger partial charge in [0.1, 0.15) is 24.3 Å². The molecule has 71 heavy (non-hydrogen) atoms. The second-order valence-corrected chi connectivity index (χ2v) is 18.3. The lowest BCUT2D eigenvalue weighted by molar-refractivity contribution is -0.286. The number of carbonyl (C=O) groups excluding carboxylic acids is 3. The molecule has 19 heteroatoms. The van der Waals surface area contributed by atoms with Gasteiger partial charge in [0, 0.05) is 43.2 Å². The van der Waals surface area contributed by atoms with Crippen molar-refractivity contribution in [3.8, 4) is 28.6 Å². The number of amides is 3. The van der Waals surface area contributed by atoms with Crippen LogP contribution in [0, 0.1) is 6.92 Å². The first-order valence-electron chi connectivity index (χ1n) is 23.7. The predicted molar refractivity (Wildman–Crippen MR) is 256 cm³/mol. The Labute approximate surface area is 407 Å². The molecule has 1 atom stereocenters. The van der Waals surface area contributed by atoms with Crippen LogP contribution in [0.25, 0.3) is 16.8 Å². The van der Waals surface area contributed by atoms with Crippen LogP contribution >= 0.6 is 0 Å². The Morgan fingerprint density at radius 2 is 1.59 bits per heavy atom. The van der Waals surface area contributed by atoms with E-state index >= 15 is 0 Å². The van der Waals surface area contributed by atoms with Gasteiger partial charge < -0.3 is 44.3 Å². The number of aryl methyl sites for hydroxylation is 1. The summed E-state index contributed by atoms with van der Waals surface area (Å²) in [6.45, 7) is 6.28. The number of piperidine rings is 1. The van der Waals surface area contributed by atoms with Crippen LogP contribution in [-0.4, -0.2) is 111 Å². The molecule has 3 N–H and O–H groups in total. The van der Waals surface area contributed by atoms with Crippen molar-refractivity contribution in [2.75, 3.05) is 58.0 Å². The van der Waals surface area contributed by atoms with Crippen molar-refractivity contribution in [2.45, 2.75) is 75.7 Å². The molecule has 0 bridgehead atoms. The number of pyridine rings is 1. The van der Waals surface area contributed by atoms with Gasteiger partial charge in [-0.3, -0.25) is 23.7 Å². The molecule has 3 aromatic heterocycles. The topological polar surface area (TPSA) is 197 Å². The molecule has 2 fully saturated rings. The molecule has 1 saturated heterocycles. The lowest BCUT2D eigenvalue weighted by atomic mass is 9.90. The van der Waals surface area contributed by atoms with Crippen molar-refractivity contribution in [2.24, 2.45) is 0 Å². The molecule has 3 aliphatic rings. The van der Waals surface area contributed by atoms with Crippen molar-refractivity contribution in [1.29, 1.82) is 0 Å². The summed E-state index contributed by atoms with van der Waals surface area (Å²) >= 11 is 0. The third kappa shape index (κ3) is 11.2. The van der Waals surface area contributed by atoms with E-state index in [9.17, 15) is 33.1 Å². The number of benzene rings is 3. The number of aliphatic hydroxyl groups is 1. The lowest BCUT2D eigenvalue weighted by Gasteiger charge is -2.38. The maximum Gasteiger partial charge on any atom is 0.586 e. The average Bonchev–Trinajstić information content (AvgIpc) is 3.98. The fourth-order valence-electron chi connectivity index (χ4n) is 8.98. The highest BCUT2D eigenvalue weighted by Gasteiger charge is 2.53. The van der Waals surface area contributed by atoms with Gasteiger partial charge in [-0.15, -0.1) is 8.78 Å². The molecule has 0 radical (unpaired) electrons. The zero-order chi connectivity index (χ0) is 49.8. The lowest BCUT2D eigenvalue weighted by Crippen LogP contribution is -2.49. The van der Waals surface area contributed by atoms with E-state index in [1.807, 2.05) is 56.3 Å².